The normalized spacial score (nSPS) is 21.8. The van der Waals surface area contributed by atoms with E-state index in [0.29, 0.717) is 0 Å². The Balaban J connectivity index is 1.63. The summed E-state index contributed by atoms with van der Waals surface area (Å²) in [7, 11) is 2.23. The SMILES string of the molecule is Cc1ncsc1CCNCC1CCCN1C. The summed E-state index contributed by atoms with van der Waals surface area (Å²) in [6, 6.07) is 0.752. The number of aryl methyl sites for hydroxylation is 1. The van der Waals surface area contributed by atoms with Gasteiger partial charge in [0, 0.05) is 24.0 Å². The van der Waals surface area contributed by atoms with Crippen molar-refractivity contribution in [1.29, 1.82) is 0 Å². The minimum atomic E-state index is 0.752. The fourth-order valence-electron chi connectivity index (χ4n) is 2.27. The zero-order chi connectivity index (χ0) is 11.4. The molecular formula is C12H21N3S. The van der Waals surface area contributed by atoms with Crippen LogP contribution in [-0.4, -0.2) is 42.6 Å². The molecule has 0 spiro atoms. The maximum absolute atomic E-state index is 4.27. The van der Waals surface area contributed by atoms with Gasteiger partial charge in [0.1, 0.15) is 0 Å². The molecule has 1 aliphatic rings. The van der Waals surface area contributed by atoms with Crippen molar-refractivity contribution in [2.24, 2.45) is 0 Å². The summed E-state index contributed by atoms with van der Waals surface area (Å²) in [4.78, 5) is 8.15. The molecule has 0 amide bonds. The molecule has 1 aliphatic heterocycles. The molecule has 1 saturated heterocycles. The van der Waals surface area contributed by atoms with Crippen molar-refractivity contribution >= 4 is 11.3 Å². The third-order valence-corrected chi connectivity index (χ3v) is 4.42. The molecule has 4 heteroatoms. The first kappa shape index (κ1) is 12.0. The second-order valence-electron chi connectivity index (χ2n) is 4.59. The number of thiazole rings is 1. The number of nitrogens with zero attached hydrogens (tertiary/aromatic N) is 2. The highest BCUT2D eigenvalue weighted by molar-refractivity contribution is 7.09. The smallest absolute Gasteiger partial charge is 0.0797 e. The minimum Gasteiger partial charge on any atom is -0.315 e. The number of hydrogen-bond acceptors (Lipinski definition) is 4. The van der Waals surface area contributed by atoms with Crippen LogP contribution in [0.4, 0.5) is 0 Å². The van der Waals surface area contributed by atoms with Crippen LogP contribution in [0.5, 0.6) is 0 Å². The van der Waals surface area contributed by atoms with Gasteiger partial charge in [-0.25, -0.2) is 4.98 Å². The topological polar surface area (TPSA) is 28.2 Å². The number of nitrogens with one attached hydrogen (secondary N) is 1. The van der Waals surface area contributed by atoms with Gasteiger partial charge in [0.2, 0.25) is 0 Å². The largest absolute Gasteiger partial charge is 0.315 e. The molecule has 2 heterocycles. The molecule has 3 nitrogen and oxygen atoms in total. The van der Waals surface area contributed by atoms with E-state index in [0.717, 1.165) is 25.6 Å². The lowest BCUT2D eigenvalue weighted by Crippen LogP contribution is -2.36. The summed E-state index contributed by atoms with van der Waals surface area (Å²) in [5.41, 5.74) is 3.14. The van der Waals surface area contributed by atoms with Crippen LogP contribution in [0.1, 0.15) is 23.4 Å². The number of aromatic nitrogens is 1. The van der Waals surface area contributed by atoms with Crippen LogP contribution in [0.2, 0.25) is 0 Å². The maximum atomic E-state index is 4.27. The molecule has 0 aromatic carbocycles. The third-order valence-electron chi connectivity index (χ3n) is 3.43. The van der Waals surface area contributed by atoms with Crippen LogP contribution in [0.3, 0.4) is 0 Å². The molecule has 0 aliphatic carbocycles. The van der Waals surface area contributed by atoms with Crippen molar-refractivity contribution in [2.45, 2.75) is 32.2 Å². The van der Waals surface area contributed by atoms with Gasteiger partial charge in [-0.2, -0.15) is 0 Å². The van der Waals surface area contributed by atoms with Gasteiger partial charge in [-0.05, 0) is 39.8 Å². The maximum Gasteiger partial charge on any atom is 0.0797 e. The predicted molar refractivity (Wildman–Crippen MR) is 69.1 cm³/mol. The van der Waals surface area contributed by atoms with E-state index in [2.05, 4.69) is 29.2 Å². The Hall–Kier alpha value is -0.450. The van der Waals surface area contributed by atoms with E-state index >= 15 is 0 Å². The highest BCUT2D eigenvalue weighted by Crippen LogP contribution is 2.14. The Labute approximate surface area is 102 Å². The summed E-state index contributed by atoms with van der Waals surface area (Å²) in [5.74, 6) is 0. The Kier molecular flexibility index (Phi) is 4.32. The van der Waals surface area contributed by atoms with Crippen molar-refractivity contribution in [3.63, 3.8) is 0 Å². The van der Waals surface area contributed by atoms with E-state index < -0.39 is 0 Å². The van der Waals surface area contributed by atoms with Crippen molar-refractivity contribution in [2.75, 3.05) is 26.7 Å². The average molecular weight is 239 g/mol. The molecule has 2 rings (SSSR count). The zero-order valence-electron chi connectivity index (χ0n) is 10.2. The van der Waals surface area contributed by atoms with Gasteiger partial charge in [-0.15, -0.1) is 11.3 Å². The van der Waals surface area contributed by atoms with Crippen molar-refractivity contribution < 1.29 is 0 Å². The molecule has 90 valence electrons. The van der Waals surface area contributed by atoms with Gasteiger partial charge in [0.15, 0.2) is 0 Å². The standard InChI is InChI=1S/C12H21N3S/c1-10-12(16-9-14-10)5-6-13-8-11-4-3-7-15(11)2/h9,11,13H,3-8H2,1-2H3. The average Bonchev–Trinajstić information content (AvgIpc) is 2.84. The molecule has 0 bridgehead atoms. The quantitative estimate of drug-likeness (QED) is 0.792. The first-order valence-electron chi connectivity index (χ1n) is 6.07. The van der Waals surface area contributed by atoms with Gasteiger partial charge < -0.3 is 10.2 Å². The minimum absolute atomic E-state index is 0.752. The molecule has 1 aromatic rings. The van der Waals surface area contributed by atoms with Gasteiger partial charge in [0.05, 0.1) is 11.2 Å². The van der Waals surface area contributed by atoms with E-state index in [9.17, 15) is 0 Å². The van der Waals surface area contributed by atoms with Crippen LogP contribution >= 0.6 is 11.3 Å². The number of hydrogen-bond donors (Lipinski definition) is 1. The van der Waals surface area contributed by atoms with E-state index in [1.807, 2.05) is 5.51 Å². The van der Waals surface area contributed by atoms with E-state index in [1.54, 1.807) is 11.3 Å². The van der Waals surface area contributed by atoms with E-state index in [1.165, 1.54) is 30.0 Å². The number of likely N-dealkylation sites (tertiary alicyclic amines) is 1. The summed E-state index contributed by atoms with van der Waals surface area (Å²) < 4.78 is 0. The Morgan fingerprint density at radius 3 is 3.12 bits per heavy atom. The zero-order valence-corrected chi connectivity index (χ0v) is 11.0. The number of rotatable bonds is 5. The van der Waals surface area contributed by atoms with Crippen LogP contribution in [-0.2, 0) is 6.42 Å². The molecule has 0 saturated carbocycles. The van der Waals surface area contributed by atoms with Crippen LogP contribution in [0.25, 0.3) is 0 Å². The Morgan fingerprint density at radius 1 is 1.62 bits per heavy atom. The molecule has 1 N–H and O–H groups in total. The van der Waals surface area contributed by atoms with Crippen LogP contribution in [0, 0.1) is 6.92 Å². The summed E-state index contributed by atoms with van der Waals surface area (Å²) in [6.07, 6.45) is 3.83. The summed E-state index contributed by atoms with van der Waals surface area (Å²) in [5, 5.41) is 3.56. The monoisotopic (exact) mass is 239 g/mol. The van der Waals surface area contributed by atoms with Gasteiger partial charge >= 0.3 is 0 Å². The molecule has 0 radical (unpaired) electrons. The highest BCUT2D eigenvalue weighted by Gasteiger charge is 2.19. The number of likely N-dealkylation sites (N-methyl/N-ethyl adjacent to an activating group) is 1. The lowest BCUT2D eigenvalue weighted by molar-refractivity contribution is 0.301. The fraction of sp³-hybridized carbons (Fsp3) is 0.750. The van der Waals surface area contributed by atoms with Crippen molar-refractivity contribution in [1.82, 2.24) is 15.2 Å². The van der Waals surface area contributed by atoms with Gasteiger partial charge in [0.25, 0.3) is 0 Å². The fourth-order valence-corrected chi connectivity index (χ4v) is 3.06. The van der Waals surface area contributed by atoms with Crippen LogP contribution < -0.4 is 5.32 Å². The molecule has 1 unspecified atom stereocenters. The Morgan fingerprint density at radius 2 is 2.50 bits per heavy atom. The second-order valence-corrected chi connectivity index (χ2v) is 5.53. The first-order chi connectivity index (χ1) is 7.77. The predicted octanol–water partition coefficient (Wildman–Crippen LogP) is 1.68. The molecule has 1 fully saturated rings. The highest BCUT2D eigenvalue weighted by atomic mass is 32.1. The van der Waals surface area contributed by atoms with E-state index in [-0.39, 0.29) is 0 Å². The lowest BCUT2D eigenvalue weighted by atomic mass is 10.2. The molecule has 1 atom stereocenters. The molecular weight excluding hydrogens is 218 g/mol. The molecule has 1 aromatic heterocycles. The first-order valence-corrected chi connectivity index (χ1v) is 6.95. The summed E-state index contributed by atoms with van der Waals surface area (Å²) >= 11 is 1.77. The van der Waals surface area contributed by atoms with E-state index in [4.69, 9.17) is 0 Å². The van der Waals surface area contributed by atoms with Gasteiger partial charge in [-0.3, -0.25) is 0 Å². The van der Waals surface area contributed by atoms with Crippen LogP contribution in [0.15, 0.2) is 5.51 Å². The second kappa shape index (κ2) is 5.75. The van der Waals surface area contributed by atoms with Crippen molar-refractivity contribution in [3.8, 4) is 0 Å². The third kappa shape index (κ3) is 3.03. The lowest BCUT2D eigenvalue weighted by Gasteiger charge is -2.19. The Bertz CT molecular complexity index is 324. The molecule has 16 heavy (non-hydrogen) atoms. The van der Waals surface area contributed by atoms with Crippen molar-refractivity contribution in [3.05, 3.63) is 16.1 Å². The van der Waals surface area contributed by atoms with Gasteiger partial charge in [-0.1, -0.05) is 0 Å². The summed E-state index contributed by atoms with van der Waals surface area (Å²) in [6.45, 7) is 5.57.